The van der Waals surface area contributed by atoms with E-state index in [1.54, 1.807) is 7.11 Å². The summed E-state index contributed by atoms with van der Waals surface area (Å²) in [5.41, 5.74) is 0. The Morgan fingerprint density at radius 3 is 2.79 bits per heavy atom. The van der Waals surface area contributed by atoms with Crippen molar-refractivity contribution < 1.29 is 4.74 Å². The number of nitrogens with zero attached hydrogens (tertiary/aromatic N) is 1. The van der Waals surface area contributed by atoms with Gasteiger partial charge in [0, 0.05) is 38.4 Å². The van der Waals surface area contributed by atoms with Gasteiger partial charge in [-0.05, 0) is 33.7 Å². The first-order chi connectivity index (χ1) is 6.63. The number of methoxy groups -OCH3 is 1. The van der Waals surface area contributed by atoms with Crippen molar-refractivity contribution in [2.45, 2.75) is 44.8 Å². The third-order valence-corrected chi connectivity index (χ3v) is 3.16. The maximum atomic E-state index is 5.07. The largest absolute Gasteiger partial charge is 0.385 e. The van der Waals surface area contributed by atoms with Crippen LogP contribution in [0.1, 0.15) is 26.7 Å². The van der Waals surface area contributed by atoms with Gasteiger partial charge in [0.05, 0.1) is 0 Å². The molecule has 0 amide bonds. The van der Waals surface area contributed by atoms with E-state index in [2.05, 4.69) is 31.1 Å². The van der Waals surface area contributed by atoms with Gasteiger partial charge in [0.25, 0.3) is 0 Å². The van der Waals surface area contributed by atoms with Gasteiger partial charge >= 0.3 is 0 Å². The molecule has 3 heteroatoms. The van der Waals surface area contributed by atoms with Gasteiger partial charge in [-0.2, -0.15) is 0 Å². The van der Waals surface area contributed by atoms with Crippen LogP contribution in [0.5, 0.6) is 0 Å². The Morgan fingerprint density at radius 1 is 1.57 bits per heavy atom. The predicted octanol–water partition coefficient (Wildman–Crippen LogP) is 1.09. The molecule has 1 rings (SSSR count). The molecule has 0 aromatic rings. The molecule has 3 unspecified atom stereocenters. The fraction of sp³-hybridized carbons (Fsp3) is 1.00. The van der Waals surface area contributed by atoms with E-state index in [0.29, 0.717) is 12.1 Å². The maximum Gasteiger partial charge on any atom is 0.0476 e. The minimum absolute atomic E-state index is 0.568. The van der Waals surface area contributed by atoms with Crippen LogP contribution in [0.3, 0.4) is 0 Å². The lowest BCUT2D eigenvalue weighted by atomic mass is 10.1. The van der Waals surface area contributed by atoms with E-state index in [0.717, 1.165) is 19.1 Å². The Morgan fingerprint density at radius 2 is 2.29 bits per heavy atom. The quantitative estimate of drug-likeness (QED) is 0.719. The van der Waals surface area contributed by atoms with Crippen LogP contribution < -0.4 is 5.32 Å². The molecule has 3 nitrogen and oxygen atoms in total. The topological polar surface area (TPSA) is 24.5 Å². The lowest BCUT2D eigenvalue weighted by Crippen LogP contribution is -2.38. The van der Waals surface area contributed by atoms with Gasteiger partial charge in [0.15, 0.2) is 0 Å². The van der Waals surface area contributed by atoms with Crippen molar-refractivity contribution in [1.82, 2.24) is 10.2 Å². The highest BCUT2D eigenvalue weighted by Gasteiger charge is 2.26. The van der Waals surface area contributed by atoms with Gasteiger partial charge in [-0.3, -0.25) is 0 Å². The first-order valence-electron chi connectivity index (χ1n) is 5.58. The number of likely N-dealkylation sites (N-methyl/N-ethyl adjacent to an activating group) is 1. The first-order valence-corrected chi connectivity index (χ1v) is 5.58. The molecule has 0 spiro atoms. The van der Waals surface area contributed by atoms with Crippen LogP contribution in [0.15, 0.2) is 0 Å². The third-order valence-electron chi connectivity index (χ3n) is 3.16. The summed E-state index contributed by atoms with van der Waals surface area (Å²) in [4.78, 5) is 2.42. The van der Waals surface area contributed by atoms with Gasteiger partial charge in [0.1, 0.15) is 0 Å². The zero-order valence-electron chi connectivity index (χ0n) is 9.92. The molecular weight excluding hydrogens is 176 g/mol. The fourth-order valence-corrected chi connectivity index (χ4v) is 2.09. The second kappa shape index (κ2) is 5.69. The summed E-state index contributed by atoms with van der Waals surface area (Å²) >= 11 is 0. The molecule has 0 aliphatic carbocycles. The summed E-state index contributed by atoms with van der Waals surface area (Å²) < 4.78 is 5.07. The van der Waals surface area contributed by atoms with Crippen molar-refractivity contribution >= 4 is 0 Å². The summed E-state index contributed by atoms with van der Waals surface area (Å²) in [5, 5.41) is 3.65. The standard InChI is InChI=1S/C11H24N2O/c1-9(5-6-14-4)12-11-7-10(2)13(3)8-11/h9-12H,5-8H2,1-4H3. The molecule has 1 heterocycles. The Labute approximate surface area is 87.8 Å². The van der Waals surface area contributed by atoms with Gasteiger partial charge in [-0.25, -0.2) is 0 Å². The summed E-state index contributed by atoms with van der Waals surface area (Å²) in [6.07, 6.45) is 2.37. The van der Waals surface area contributed by atoms with Crippen LogP contribution >= 0.6 is 0 Å². The van der Waals surface area contributed by atoms with Crippen LogP contribution in [-0.2, 0) is 4.74 Å². The van der Waals surface area contributed by atoms with Crippen LogP contribution in [-0.4, -0.2) is 50.3 Å². The molecular formula is C11H24N2O. The molecule has 0 aromatic carbocycles. The highest BCUT2D eigenvalue weighted by atomic mass is 16.5. The van der Waals surface area contributed by atoms with E-state index in [-0.39, 0.29) is 0 Å². The zero-order valence-corrected chi connectivity index (χ0v) is 9.92. The van der Waals surface area contributed by atoms with Gasteiger partial charge in [-0.1, -0.05) is 0 Å². The Bertz CT molecular complexity index is 153. The lowest BCUT2D eigenvalue weighted by Gasteiger charge is -2.18. The SMILES string of the molecule is COCCC(C)NC1CC(C)N(C)C1. The van der Waals surface area contributed by atoms with Crippen molar-refractivity contribution in [3.63, 3.8) is 0 Å². The molecule has 14 heavy (non-hydrogen) atoms. The maximum absolute atomic E-state index is 5.07. The van der Waals surface area contributed by atoms with E-state index in [1.165, 1.54) is 13.0 Å². The molecule has 84 valence electrons. The highest BCUT2D eigenvalue weighted by Crippen LogP contribution is 2.15. The molecule has 1 fully saturated rings. The van der Waals surface area contributed by atoms with Crippen LogP contribution in [0.2, 0.25) is 0 Å². The van der Waals surface area contributed by atoms with E-state index in [1.807, 2.05) is 0 Å². The van der Waals surface area contributed by atoms with Gasteiger partial charge in [0.2, 0.25) is 0 Å². The number of hydrogen-bond donors (Lipinski definition) is 1. The summed E-state index contributed by atoms with van der Waals surface area (Å²) in [6.45, 7) is 6.56. The van der Waals surface area contributed by atoms with E-state index >= 15 is 0 Å². The summed E-state index contributed by atoms with van der Waals surface area (Å²) in [7, 11) is 3.96. The Hall–Kier alpha value is -0.120. The normalized spacial score (nSPS) is 30.9. The molecule has 1 aliphatic rings. The second-order valence-corrected chi connectivity index (χ2v) is 4.57. The predicted molar refractivity (Wildman–Crippen MR) is 59.6 cm³/mol. The van der Waals surface area contributed by atoms with E-state index < -0.39 is 0 Å². The molecule has 0 saturated carbocycles. The van der Waals surface area contributed by atoms with Gasteiger partial charge in [-0.15, -0.1) is 0 Å². The summed E-state index contributed by atoms with van der Waals surface area (Å²) in [6, 6.07) is 1.96. The highest BCUT2D eigenvalue weighted by molar-refractivity contribution is 4.86. The molecule has 3 atom stereocenters. The summed E-state index contributed by atoms with van der Waals surface area (Å²) in [5.74, 6) is 0. The van der Waals surface area contributed by atoms with Crippen molar-refractivity contribution in [2.24, 2.45) is 0 Å². The molecule has 1 N–H and O–H groups in total. The first kappa shape index (κ1) is 12.0. The molecule has 0 aromatic heterocycles. The van der Waals surface area contributed by atoms with Crippen LogP contribution in [0.25, 0.3) is 0 Å². The molecule has 1 saturated heterocycles. The number of nitrogens with one attached hydrogen (secondary N) is 1. The fourth-order valence-electron chi connectivity index (χ4n) is 2.09. The smallest absolute Gasteiger partial charge is 0.0476 e. The number of ether oxygens (including phenoxy) is 1. The molecule has 0 bridgehead atoms. The van der Waals surface area contributed by atoms with Crippen LogP contribution in [0.4, 0.5) is 0 Å². The van der Waals surface area contributed by atoms with Gasteiger partial charge < -0.3 is 15.0 Å². The molecule has 0 radical (unpaired) electrons. The van der Waals surface area contributed by atoms with Crippen molar-refractivity contribution in [2.75, 3.05) is 27.3 Å². The zero-order chi connectivity index (χ0) is 10.6. The minimum Gasteiger partial charge on any atom is -0.385 e. The lowest BCUT2D eigenvalue weighted by molar-refractivity contribution is 0.182. The van der Waals surface area contributed by atoms with Crippen molar-refractivity contribution in [3.05, 3.63) is 0 Å². The number of hydrogen-bond acceptors (Lipinski definition) is 3. The number of rotatable bonds is 5. The number of likely N-dealkylation sites (tertiary alicyclic amines) is 1. The van der Waals surface area contributed by atoms with Crippen molar-refractivity contribution in [3.8, 4) is 0 Å². The van der Waals surface area contributed by atoms with Crippen molar-refractivity contribution in [1.29, 1.82) is 0 Å². The van der Waals surface area contributed by atoms with Crippen LogP contribution in [0, 0.1) is 0 Å². The average molecular weight is 200 g/mol. The average Bonchev–Trinajstić information content (AvgIpc) is 2.42. The Kier molecular flexibility index (Phi) is 4.85. The third kappa shape index (κ3) is 3.56. The second-order valence-electron chi connectivity index (χ2n) is 4.57. The minimum atomic E-state index is 0.568. The monoisotopic (exact) mass is 200 g/mol. The Balaban J connectivity index is 2.18. The van der Waals surface area contributed by atoms with E-state index in [9.17, 15) is 0 Å². The molecule has 1 aliphatic heterocycles. The van der Waals surface area contributed by atoms with E-state index in [4.69, 9.17) is 4.74 Å².